The molecule has 0 bridgehead atoms. The molecule has 1 aliphatic rings. The maximum absolute atomic E-state index is 13.7. The van der Waals surface area contributed by atoms with Crippen molar-refractivity contribution < 1.29 is 38.7 Å². The van der Waals surface area contributed by atoms with E-state index in [4.69, 9.17) is 14.0 Å². The minimum Gasteiger partial charge on any atom is -0.493 e. The molecule has 1 aliphatic heterocycles. The molecule has 0 aromatic carbocycles. The van der Waals surface area contributed by atoms with E-state index in [2.05, 4.69) is 15.1 Å². The average molecular weight is 580 g/mol. The molecule has 3 rings (SSSR count). The smallest absolute Gasteiger partial charge is 0.330 e. The first-order valence-corrected chi connectivity index (χ1v) is 14.6. The summed E-state index contributed by atoms with van der Waals surface area (Å²) in [6, 6.07) is -0.0795. The Labute approximate surface area is 219 Å². The van der Waals surface area contributed by atoms with Crippen molar-refractivity contribution in [3.63, 3.8) is 0 Å². The average Bonchev–Trinajstić information content (AvgIpc) is 3.25. The van der Waals surface area contributed by atoms with Crippen LogP contribution in [0, 0.1) is 0 Å². The third-order valence-corrected chi connectivity index (χ3v) is 9.48. The summed E-state index contributed by atoms with van der Waals surface area (Å²) in [5.41, 5.74) is -4.26. The third-order valence-electron chi connectivity index (χ3n) is 5.49. The van der Waals surface area contributed by atoms with Gasteiger partial charge in [-0.25, -0.2) is 14.7 Å². The van der Waals surface area contributed by atoms with E-state index in [-0.39, 0.29) is 11.4 Å². The van der Waals surface area contributed by atoms with E-state index in [1.807, 2.05) is 4.98 Å². The van der Waals surface area contributed by atoms with Gasteiger partial charge in [0.15, 0.2) is 6.23 Å². The van der Waals surface area contributed by atoms with Crippen molar-refractivity contribution in [2.75, 3.05) is 6.61 Å². The number of aromatic hydroxyl groups is 1. The van der Waals surface area contributed by atoms with E-state index in [1.165, 1.54) is 13.8 Å². The van der Waals surface area contributed by atoms with Crippen molar-refractivity contribution in [2.24, 2.45) is 0 Å². The number of aliphatic hydroxyl groups is 2. The SMILES string of the molecule is CC(C)OC(=O)C(C)NP(=O)(OCC1OC(n2ccc(=O)[nH]c2=O)C(C)(O)C1O)SCc1[nH]c(=O)[nH]c1O. The van der Waals surface area contributed by atoms with Gasteiger partial charge in [-0.2, -0.15) is 0 Å². The summed E-state index contributed by atoms with van der Waals surface area (Å²) < 4.78 is 30.9. The van der Waals surface area contributed by atoms with Crippen LogP contribution >= 0.6 is 18.1 Å². The molecule has 212 valence electrons. The molecule has 0 amide bonds. The second-order valence-electron chi connectivity index (χ2n) is 9.02. The molecule has 1 saturated heterocycles. The number of hydrogen-bond acceptors (Lipinski definition) is 12. The van der Waals surface area contributed by atoms with E-state index in [1.54, 1.807) is 13.8 Å². The zero-order valence-electron chi connectivity index (χ0n) is 20.9. The van der Waals surface area contributed by atoms with Gasteiger partial charge in [0.1, 0.15) is 23.9 Å². The van der Waals surface area contributed by atoms with E-state index in [0.717, 1.165) is 16.8 Å². The number of carbonyl (C=O) groups excluding carboxylic acids is 1. The molecule has 0 radical (unpaired) electrons. The van der Waals surface area contributed by atoms with Crippen LogP contribution in [0.1, 0.15) is 39.6 Å². The number of esters is 1. The highest BCUT2D eigenvalue weighted by Crippen LogP contribution is 2.58. The van der Waals surface area contributed by atoms with Crippen LogP contribution in [0.3, 0.4) is 0 Å². The van der Waals surface area contributed by atoms with Gasteiger partial charge in [-0.15, -0.1) is 0 Å². The van der Waals surface area contributed by atoms with Gasteiger partial charge in [0.2, 0.25) is 5.88 Å². The maximum atomic E-state index is 13.7. The first-order chi connectivity index (χ1) is 17.6. The lowest BCUT2D eigenvalue weighted by Crippen LogP contribution is -2.46. The number of carbonyl (C=O) groups is 1. The Morgan fingerprint density at radius 3 is 2.55 bits per heavy atom. The van der Waals surface area contributed by atoms with Crippen molar-refractivity contribution >= 4 is 24.1 Å². The zero-order chi connectivity index (χ0) is 28.4. The van der Waals surface area contributed by atoms with Crippen molar-refractivity contribution in [2.45, 2.75) is 69.6 Å². The topological polar surface area (TPSA) is 238 Å². The summed E-state index contributed by atoms with van der Waals surface area (Å²) in [7, 11) is 0. The summed E-state index contributed by atoms with van der Waals surface area (Å²) in [6.45, 7) is 1.24. The van der Waals surface area contributed by atoms with Gasteiger partial charge in [0.25, 0.3) is 5.56 Å². The molecule has 38 heavy (non-hydrogen) atoms. The summed E-state index contributed by atoms with van der Waals surface area (Å²) in [5.74, 6) is -1.41. The van der Waals surface area contributed by atoms with Crippen LogP contribution in [0.2, 0.25) is 0 Å². The molecule has 2 aromatic heterocycles. The van der Waals surface area contributed by atoms with E-state index < -0.39 is 78.3 Å². The van der Waals surface area contributed by atoms with Crippen LogP contribution in [-0.4, -0.2) is 77.4 Å². The highest BCUT2D eigenvalue weighted by molar-refractivity contribution is 8.55. The van der Waals surface area contributed by atoms with Crippen molar-refractivity contribution in [3.05, 3.63) is 49.3 Å². The Morgan fingerprint density at radius 1 is 1.29 bits per heavy atom. The molecule has 0 spiro atoms. The first-order valence-electron chi connectivity index (χ1n) is 11.4. The first kappa shape index (κ1) is 29.9. The maximum Gasteiger partial charge on any atom is 0.330 e. The Kier molecular flexibility index (Phi) is 9.13. The number of ether oxygens (including phenoxy) is 2. The van der Waals surface area contributed by atoms with Crippen LogP contribution in [0.25, 0.3) is 0 Å². The van der Waals surface area contributed by atoms with Crippen LogP contribution in [0.15, 0.2) is 26.6 Å². The molecule has 7 N–H and O–H groups in total. The van der Waals surface area contributed by atoms with Gasteiger partial charge < -0.3 is 34.3 Å². The molecule has 0 aliphatic carbocycles. The monoisotopic (exact) mass is 579 g/mol. The summed E-state index contributed by atoms with van der Waals surface area (Å²) in [4.78, 5) is 53.8. The quantitative estimate of drug-likeness (QED) is 0.128. The van der Waals surface area contributed by atoms with Gasteiger partial charge in [-0.1, -0.05) is 0 Å². The van der Waals surface area contributed by atoms with Gasteiger partial charge in [-0.05, 0) is 39.1 Å². The number of imidazole rings is 1. The third kappa shape index (κ3) is 6.85. The fourth-order valence-electron chi connectivity index (χ4n) is 3.56. The summed E-state index contributed by atoms with van der Waals surface area (Å²) >= 11 is 0.624. The standard InChI is InChI=1S/C20H30N5O11PS/c1-9(2)35-16(29)10(3)24-37(33,38-8-11-15(28)23-18(30)21-11)34-7-12-14(27)20(4,32)17(36-12)25-6-5-13(26)22-19(25)31/h5-6,9-10,12,14,17,27-28,32H,7-8H2,1-4H3,(H,24,33)(H2,21,23,30)(H,22,26,31). The van der Waals surface area contributed by atoms with Crippen LogP contribution in [0.4, 0.5) is 0 Å². The number of H-pyrrole nitrogens is 3. The van der Waals surface area contributed by atoms with Crippen molar-refractivity contribution in [3.8, 4) is 5.88 Å². The van der Waals surface area contributed by atoms with Gasteiger partial charge in [0.05, 0.1) is 18.4 Å². The Hall–Kier alpha value is -2.66. The highest BCUT2D eigenvalue weighted by Gasteiger charge is 2.54. The lowest BCUT2D eigenvalue weighted by atomic mass is 9.96. The lowest BCUT2D eigenvalue weighted by Gasteiger charge is -2.27. The fraction of sp³-hybridized carbons (Fsp3) is 0.600. The van der Waals surface area contributed by atoms with Gasteiger partial charge >= 0.3 is 24.1 Å². The van der Waals surface area contributed by atoms with Crippen molar-refractivity contribution in [1.29, 1.82) is 0 Å². The van der Waals surface area contributed by atoms with Gasteiger partial charge in [0, 0.05) is 18.0 Å². The molecule has 1 fully saturated rings. The number of aromatic amines is 3. The number of aromatic nitrogens is 4. The Morgan fingerprint density at radius 2 is 1.97 bits per heavy atom. The molecule has 18 heteroatoms. The minimum absolute atomic E-state index is 0.0145. The second kappa shape index (κ2) is 11.6. The van der Waals surface area contributed by atoms with Crippen molar-refractivity contribution in [1.82, 2.24) is 24.6 Å². The van der Waals surface area contributed by atoms with E-state index >= 15 is 0 Å². The number of hydrogen-bond donors (Lipinski definition) is 7. The van der Waals surface area contributed by atoms with Gasteiger partial charge in [-0.3, -0.25) is 28.7 Å². The molecule has 2 aromatic rings. The second-order valence-corrected chi connectivity index (χ2v) is 13.3. The molecule has 6 atom stereocenters. The van der Waals surface area contributed by atoms with Crippen LogP contribution < -0.4 is 22.0 Å². The normalized spacial score (nSPS) is 25.8. The number of rotatable bonds is 11. The zero-order valence-corrected chi connectivity index (χ0v) is 22.6. The molecule has 16 nitrogen and oxygen atoms in total. The number of aliphatic hydroxyl groups excluding tert-OH is 1. The number of nitrogens with one attached hydrogen (secondary N) is 4. The summed E-state index contributed by atoms with van der Waals surface area (Å²) in [5, 5.41) is 33.9. The largest absolute Gasteiger partial charge is 0.493 e. The molecule has 3 heterocycles. The molecule has 0 saturated carbocycles. The number of nitrogens with zero attached hydrogens (tertiary/aromatic N) is 1. The lowest BCUT2D eigenvalue weighted by molar-refractivity contribution is -0.149. The predicted octanol–water partition coefficient (Wildman–Crippen LogP) is -0.744. The van der Waals surface area contributed by atoms with E-state index in [0.29, 0.717) is 11.4 Å². The minimum atomic E-state index is -4.05. The molecular formula is C20H30N5O11PS. The Bertz CT molecular complexity index is 1370. The molecular weight excluding hydrogens is 549 g/mol. The summed E-state index contributed by atoms with van der Waals surface area (Å²) in [6.07, 6.45) is -3.72. The molecule has 6 unspecified atom stereocenters. The Balaban J connectivity index is 1.79. The van der Waals surface area contributed by atoms with Crippen LogP contribution in [0.5, 0.6) is 5.88 Å². The predicted molar refractivity (Wildman–Crippen MR) is 134 cm³/mol. The highest BCUT2D eigenvalue weighted by atomic mass is 32.7. The fourth-order valence-corrected chi connectivity index (χ4v) is 7.22. The van der Waals surface area contributed by atoms with Crippen LogP contribution in [-0.2, 0) is 29.1 Å². The van der Waals surface area contributed by atoms with E-state index in [9.17, 15) is 39.1 Å².